The van der Waals surface area contributed by atoms with Crippen molar-refractivity contribution >= 4 is 29.9 Å². The Morgan fingerprint density at radius 1 is 1.19 bits per heavy atom. The molecular weight excluding hydrogens is 367 g/mol. The minimum absolute atomic E-state index is 0.0813. The highest BCUT2D eigenvalue weighted by atomic mass is 31.2. The molecule has 7 nitrogen and oxygen atoms in total. The van der Waals surface area contributed by atoms with Gasteiger partial charge in [-0.1, -0.05) is 0 Å². The lowest BCUT2D eigenvalue weighted by Crippen LogP contribution is -2.00. The van der Waals surface area contributed by atoms with E-state index in [1.807, 2.05) is 0 Å². The van der Waals surface area contributed by atoms with Crippen molar-refractivity contribution in [2.75, 3.05) is 12.4 Å². The predicted octanol–water partition coefficient (Wildman–Crippen LogP) is 3.34. The largest absolute Gasteiger partial charge is 0.481 e. The second-order valence-corrected chi connectivity index (χ2v) is 7.11. The maximum atomic E-state index is 14.1. The maximum Gasteiger partial charge on any atom is 0.330 e. The van der Waals surface area contributed by atoms with E-state index in [0.29, 0.717) is 22.5 Å². The summed E-state index contributed by atoms with van der Waals surface area (Å²) in [5.41, 5.74) is 0.500. The average molecular weight is 381 g/mol. The van der Waals surface area contributed by atoms with Crippen molar-refractivity contribution in [3.05, 3.63) is 53.9 Å². The fourth-order valence-corrected chi connectivity index (χ4v) is 3.14. The Bertz CT molecular complexity index is 1000. The van der Waals surface area contributed by atoms with E-state index in [1.165, 1.54) is 19.5 Å². The van der Waals surface area contributed by atoms with E-state index in [0.717, 1.165) is 12.1 Å². The maximum absolute atomic E-state index is 14.1. The van der Waals surface area contributed by atoms with Gasteiger partial charge in [0.2, 0.25) is 5.88 Å². The van der Waals surface area contributed by atoms with Crippen molar-refractivity contribution in [2.45, 2.75) is 6.16 Å². The summed E-state index contributed by atoms with van der Waals surface area (Å²) in [6.07, 6.45) is 2.02. The van der Waals surface area contributed by atoms with E-state index in [1.54, 1.807) is 12.1 Å². The molecule has 10 heteroatoms. The Labute approximate surface area is 146 Å². The summed E-state index contributed by atoms with van der Waals surface area (Å²) in [5.74, 6) is -1.72. The number of ether oxygens (including phenoxy) is 1. The molecule has 2 heterocycles. The highest BCUT2D eigenvalue weighted by Gasteiger charge is 2.21. The van der Waals surface area contributed by atoms with E-state index < -0.39 is 31.0 Å². The first kappa shape index (κ1) is 18.2. The molecule has 1 aromatic carbocycles. The fourth-order valence-electron chi connectivity index (χ4n) is 2.43. The molecule has 26 heavy (non-hydrogen) atoms. The molecule has 2 aromatic heterocycles. The number of pyridine rings is 2. The number of anilines is 2. The molecule has 0 bridgehead atoms. The number of hydrogen-bond donors (Lipinski definition) is 3. The van der Waals surface area contributed by atoms with Crippen molar-refractivity contribution in [3.63, 3.8) is 0 Å². The molecule has 3 N–H and O–H groups in total. The Morgan fingerprint density at radius 3 is 2.50 bits per heavy atom. The lowest BCUT2D eigenvalue weighted by atomic mass is 10.1. The number of benzene rings is 1. The Morgan fingerprint density at radius 2 is 1.88 bits per heavy atom. The summed E-state index contributed by atoms with van der Waals surface area (Å²) in [5, 5.41) is 3.47. The van der Waals surface area contributed by atoms with Crippen molar-refractivity contribution in [1.29, 1.82) is 0 Å². The van der Waals surface area contributed by atoms with Crippen LogP contribution in [0.3, 0.4) is 0 Å². The second kappa shape index (κ2) is 6.95. The Kier molecular flexibility index (Phi) is 4.86. The van der Waals surface area contributed by atoms with Crippen LogP contribution in [0.25, 0.3) is 10.9 Å². The number of nitrogens with one attached hydrogen (secondary N) is 1. The van der Waals surface area contributed by atoms with Gasteiger partial charge in [0.25, 0.3) is 0 Å². The van der Waals surface area contributed by atoms with Crippen LogP contribution in [-0.4, -0.2) is 26.9 Å². The van der Waals surface area contributed by atoms with Crippen LogP contribution in [0.5, 0.6) is 5.88 Å². The first-order valence-electron chi connectivity index (χ1n) is 7.35. The van der Waals surface area contributed by atoms with Crippen LogP contribution < -0.4 is 10.1 Å². The molecule has 0 saturated heterocycles. The summed E-state index contributed by atoms with van der Waals surface area (Å²) in [6, 6.07) is 5.16. The molecule has 0 amide bonds. The lowest BCUT2D eigenvalue weighted by Gasteiger charge is -2.12. The van der Waals surface area contributed by atoms with Gasteiger partial charge in [-0.25, -0.2) is 13.8 Å². The van der Waals surface area contributed by atoms with Gasteiger partial charge in [-0.15, -0.1) is 0 Å². The normalized spacial score (nSPS) is 11.6. The fraction of sp³-hybridized carbons (Fsp3) is 0.125. The van der Waals surface area contributed by atoms with Crippen LogP contribution >= 0.6 is 7.60 Å². The predicted molar refractivity (Wildman–Crippen MR) is 91.5 cm³/mol. The monoisotopic (exact) mass is 381 g/mol. The van der Waals surface area contributed by atoms with Gasteiger partial charge in [0.15, 0.2) is 0 Å². The van der Waals surface area contributed by atoms with Gasteiger partial charge in [0.05, 0.1) is 24.5 Å². The zero-order valence-corrected chi connectivity index (χ0v) is 14.4. The third kappa shape index (κ3) is 3.96. The molecular formula is C16H14F2N3O4P. The zero-order valence-electron chi connectivity index (χ0n) is 13.5. The Hall–Kier alpha value is -2.61. The van der Waals surface area contributed by atoms with E-state index in [9.17, 15) is 13.3 Å². The zero-order chi connectivity index (χ0) is 18.9. The summed E-state index contributed by atoms with van der Waals surface area (Å²) in [7, 11) is -3.12. The number of hydrogen-bond acceptors (Lipinski definition) is 5. The van der Waals surface area contributed by atoms with Crippen molar-refractivity contribution in [3.8, 4) is 5.88 Å². The molecule has 0 spiro atoms. The summed E-state index contributed by atoms with van der Waals surface area (Å²) < 4.78 is 44.2. The van der Waals surface area contributed by atoms with Gasteiger partial charge >= 0.3 is 7.60 Å². The van der Waals surface area contributed by atoms with Crippen molar-refractivity contribution in [2.24, 2.45) is 0 Å². The summed E-state index contributed by atoms with van der Waals surface area (Å²) in [4.78, 5) is 26.1. The number of halogens is 2. The molecule has 0 unspecified atom stereocenters. The highest BCUT2D eigenvalue weighted by Crippen LogP contribution is 2.41. The van der Waals surface area contributed by atoms with Crippen molar-refractivity contribution in [1.82, 2.24) is 9.97 Å². The van der Waals surface area contributed by atoms with E-state index >= 15 is 0 Å². The molecule has 0 aliphatic heterocycles. The summed E-state index contributed by atoms with van der Waals surface area (Å²) >= 11 is 0. The minimum atomic E-state index is -4.59. The molecule has 0 aliphatic carbocycles. The Balaban J connectivity index is 1.97. The highest BCUT2D eigenvalue weighted by molar-refractivity contribution is 7.50. The van der Waals surface area contributed by atoms with E-state index in [-0.39, 0.29) is 5.69 Å². The third-order valence-corrected chi connectivity index (χ3v) is 4.32. The van der Waals surface area contributed by atoms with Gasteiger partial charge in [-0.05, 0) is 18.2 Å². The quantitative estimate of drug-likeness (QED) is 0.582. The van der Waals surface area contributed by atoms with Gasteiger partial charge in [0.1, 0.15) is 11.6 Å². The van der Waals surface area contributed by atoms with Gasteiger partial charge in [-0.3, -0.25) is 9.55 Å². The van der Waals surface area contributed by atoms with Gasteiger partial charge < -0.3 is 19.8 Å². The first-order chi connectivity index (χ1) is 12.3. The number of fused-ring (bicyclic) bond motifs is 1. The average Bonchev–Trinajstić information content (AvgIpc) is 2.57. The topological polar surface area (TPSA) is 105 Å². The van der Waals surface area contributed by atoms with Crippen molar-refractivity contribution < 1.29 is 27.9 Å². The lowest BCUT2D eigenvalue weighted by molar-refractivity contribution is 0.369. The molecule has 0 saturated carbocycles. The van der Waals surface area contributed by atoms with Crippen LogP contribution in [-0.2, 0) is 10.7 Å². The molecule has 0 aliphatic rings. The number of aromatic nitrogens is 2. The van der Waals surface area contributed by atoms with Crippen LogP contribution in [0.15, 0.2) is 36.7 Å². The number of rotatable bonds is 5. The van der Waals surface area contributed by atoms with Gasteiger partial charge in [0, 0.05) is 35.1 Å². The first-order valence-corrected chi connectivity index (χ1v) is 9.15. The smallest absolute Gasteiger partial charge is 0.330 e. The summed E-state index contributed by atoms with van der Waals surface area (Å²) in [6.45, 7) is 0. The molecule has 3 rings (SSSR count). The van der Waals surface area contributed by atoms with Crippen LogP contribution in [0, 0.1) is 11.6 Å². The second-order valence-electron chi connectivity index (χ2n) is 5.47. The van der Waals surface area contributed by atoms with Gasteiger partial charge in [-0.2, -0.15) is 0 Å². The third-order valence-electron chi connectivity index (χ3n) is 3.60. The minimum Gasteiger partial charge on any atom is -0.481 e. The molecule has 0 fully saturated rings. The number of methoxy groups -OCH3 is 1. The van der Waals surface area contributed by atoms with Crippen LogP contribution in [0.1, 0.15) is 5.56 Å². The molecule has 136 valence electrons. The van der Waals surface area contributed by atoms with Crippen LogP contribution in [0.2, 0.25) is 0 Å². The molecule has 3 aromatic rings. The SMILES string of the molecule is COc1cc2nccc(Nc3cc(F)c(CP(=O)(O)O)c(F)c3)c2cn1. The van der Waals surface area contributed by atoms with Crippen LogP contribution in [0.4, 0.5) is 20.2 Å². The number of nitrogens with zero attached hydrogens (tertiary/aromatic N) is 2. The molecule has 0 atom stereocenters. The standard InChI is InChI=1S/C16H14F2N3O4P/c1-25-16-6-15-10(7-20-16)14(2-3-19-15)21-9-4-12(17)11(13(18)5-9)8-26(22,23)24/h2-7H,8H2,1H3,(H,19,21)(H2,22,23,24). The molecule has 0 radical (unpaired) electrons. The van der Waals surface area contributed by atoms with E-state index in [4.69, 9.17) is 14.5 Å². The van der Waals surface area contributed by atoms with E-state index in [2.05, 4.69) is 15.3 Å².